The van der Waals surface area contributed by atoms with E-state index in [-0.39, 0.29) is 0 Å². The molecule has 0 N–H and O–H groups in total. The molecule has 0 bridgehead atoms. The van der Waals surface area contributed by atoms with Crippen molar-refractivity contribution < 1.29 is 9.53 Å². The molecule has 0 saturated heterocycles. The van der Waals surface area contributed by atoms with Crippen molar-refractivity contribution in [3.05, 3.63) is 36.0 Å². The monoisotopic (exact) mass is 231 g/mol. The van der Waals surface area contributed by atoms with Crippen molar-refractivity contribution in [3.8, 4) is 0 Å². The van der Waals surface area contributed by atoms with Crippen LogP contribution in [0, 0.1) is 0 Å². The number of hydrogen-bond donors (Lipinski definition) is 0. The van der Waals surface area contributed by atoms with Gasteiger partial charge in [0.1, 0.15) is 0 Å². The van der Waals surface area contributed by atoms with E-state index >= 15 is 0 Å². The molecule has 1 heterocycles. The fourth-order valence-corrected chi connectivity index (χ4v) is 2.03. The van der Waals surface area contributed by atoms with Gasteiger partial charge in [0, 0.05) is 42.4 Å². The number of aryl methyl sites for hydroxylation is 1. The number of benzene rings is 1. The zero-order valence-electron chi connectivity index (χ0n) is 10.1. The Morgan fingerprint density at radius 2 is 2.24 bits per heavy atom. The fourth-order valence-electron chi connectivity index (χ4n) is 2.03. The van der Waals surface area contributed by atoms with E-state index in [1.807, 2.05) is 37.4 Å². The number of ether oxygens (including phenoxy) is 1. The first-order valence-corrected chi connectivity index (χ1v) is 5.97. The Hall–Kier alpha value is -1.61. The van der Waals surface area contributed by atoms with Crippen LogP contribution in [0.4, 0.5) is 0 Å². The SMILES string of the molecule is CCOCCCn1ccc2c(C=O)cccc21. The van der Waals surface area contributed by atoms with Gasteiger partial charge >= 0.3 is 0 Å². The average Bonchev–Trinajstić information content (AvgIpc) is 2.78. The van der Waals surface area contributed by atoms with Crippen LogP contribution in [0.3, 0.4) is 0 Å². The Kier molecular flexibility index (Phi) is 3.94. The van der Waals surface area contributed by atoms with Crippen molar-refractivity contribution >= 4 is 17.2 Å². The van der Waals surface area contributed by atoms with Gasteiger partial charge in [0.2, 0.25) is 0 Å². The van der Waals surface area contributed by atoms with Crippen LogP contribution in [-0.4, -0.2) is 24.1 Å². The first-order chi connectivity index (χ1) is 8.36. The zero-order valence-corrected chi connectivity index (χ0v) is 10.1. The Morgan fingerprint density at radius 1 is 1.35 bits per heavy atom. The van der Waals surface area contributed by atoms with E-state index in [9.17, 15) is 4.79 Å². The number of fused-ring (bicyclic) bond motifs is 1. The number of carbonyl (C=O) groups excluding carboxylic acids is 1. The van der Waals surface area contributed by atoms with Gasteiger partial charge in [0.05, 0.1) is 0 Å². The highest BCUT2D eigenvalue weighted by Crippen LogP contribution is 2.19. The maximum atomic E-state index is 10.9. The number of aromatic nitrogens is 1. The van der Waals surface area contributed by atoms with Crippen molar-refractivity contribution in [3.63, 3.8) is 0 Å². The summed E-state index contributed by atoms with van der Waals surface area (Å²) in [5, 5.41) is 1.03. The molecule has 3 nitrogen and oxygen atoms in total. The summed E-state index contributed by atoms with van der Waals surface area (Å²) in [6.07, 6.45) is 3.93. The van der Waals surface area contributed by atoms with E-state index in [2.05, 4.69) is 4.57 Å². The second-order valence-corrected chi connectivity index (χ2v) is 3.96. The number of carbonyl (C=O) groups is 1. The minimum Gasteiger partial charge on any atom is -0.382 e. The number of nitrogens with zero attached hydrogens (tertiary/aromatic N) is 1. The summed E-state index contributed by atoms with van der Waals surface area (Å²) in [6.45, 7) is 4.47. The lowest BCUT2D eigenvalue weighted by molar-refractivity contribution is 0.112. The third-order valence-electron chi connectivity index (χ3n) is 2.87. The summed E-state index contributed by atoms with van der Waals surface area (Å²) in [7, 11) is 0. The first kappa shape index (κ1) is 11.9. The van der Waals surface area contributed by atoms with Crippen LogP contribution in [-0.2, 0) is 11.3 Å². The van der Waals surface area contributed by atoms with E-state index < -0.39 is 0 Å². The van der Waals surface area contributed by atoms with Crippen LogP contribution in [0.5, 0.6) is 0 Å². The van der Waals surface area contributed by atoms with Crippen molar-refractivity contribution in [1.29, 1.82) is 0 Å². The normalized spacial score (nSPS) is 10.9. The van der Waals surface area contributed by atoms with E-state index in [1.54, 1.807) is 0 Å². The first-order valence-electron chi connectivity index (χ1n) is 5.97. The quantitative estimate of drug-likeness (QED) is 0.565. The minimum absolute atomic E-state index is 0.756. The molecule has 0 fully saturated rings. The molecule has 3 heteroatoms. The number of hydrogen-bond acceptors (Lipinski definition) is 2. The van der Waals surface area contributed by atoms with Crippen LogP contribution in [0.1, 0.15) is 23.7 Å². The van der Waals surface area contributed by atoms with E-state index in [0.717, 1.165) is 48.9 Å². The largest absolute Gasteiger partial charge is 0.382 e. The minimum atomic E-state index is 0.756. The molecule has 0 radical (unpaired) electrons. The second-order valence-electron chi connectivity index (χ2n) is 3.96. The predicted octanol–water partition coefficient (Wildman–Crippen LogP) is 2.88. The van der Waals surface area contributed by atoms with Crippen molar-refractivity contribution in [2.24, 2.45) is 0 Å². The standard InChI is InChI=1S/C14H17NO2/c1-2-17-10-4-8-15-9-7-13-12(11-16)5-3-6-14(13)15/h3,5-7,9,11H,2,4,8,10H2,1H3. The topological polar surface area (TPSA) is 31.2 Å². The summed E-state index contributed by atoms with van der Waals surface area (Å²) in [4.78, 5) is 10.9. The van der Waals surface area contributed by atoms with Crippen molar-refractivity contribution in [2.75, 3.05) is 13.2 Å². The van der Waals surface area contributed by atoms with Crippen LogP contribution in [0.2, 0.25) is 0 Å². The summed E-state index contributed by atoms with van der Waals surface area (Å²) in [5.41, 5.74) is 1.87. The van der Waals surface area contributed by atoms with Gasteiger partial charge in [-0.1, -0.05) is 12.1 Å². The highest BCUT2D eigenvalue weighted by Gasteiger charge is 2.04. The lowest BCUT2D eigenvalue weighted by atomic mass is 10.1. The second kappa shape index (κ2) is 5.64. The molecule has 0 aliphatic carbocycles. The molecule has 2 rings (SSSR count). The van der Waals surface area contributed by atoms with Gasteiger partial charge in [-0.05, 0) is 25.5 Å². The van der Waals surface area contributed by atoms with E-state index in [4.69, 9.17) is 4.74 Å². The molecule has 17 heavy (non-hydrogen) atoms. The molecule has 0 aliphatic rings. The molecular weight excluding hydrogens is 214 g/mol. The number of rotatable bonds is 6. The third kappa shape index (κ3) is 2.56. The molecule has 0 amide bonds. The molecule has 1 aromatic heterocycles. The van der Waals surface area contributed by atoms with Crippen molar-refractivity contribution in [1.82, 2.24) is 4.57 Å². The van der Waals surface area contributed by atoms with E-state index in [0.29, 0.717) is 0 Å². The molecule has 0 spiro atoms. The summed E-state index contributed by atoms with van der Waals surface area (Å²) < 4.78 is 7.49. The lowest BCUT2D eigenvalue weighted by Gasteiger charge is -2.05. The van der Waals surface area contributed by atoms with Gasteiger partial charge in [0.15, 0.2) is 6.29 Å². The molecule has 0 saturated carbocycles. The van der Waals surface area contributed by atoms with Gasteiger partial charge < -0.3 is 9.30 Å². The predicted molar refractivity (Wildman–Crippen MR) is 68.4 cm³/mol. The van der Waals surface area contributed by atoms with Crippen LogP contribution in [0.15, 0.2) is 30.5 Å². The molecule has 2 aromatic rings. The summed E-state index contributed by atoms with van der Waals surface area (Å²) >= 11 is 0. The van der Waals surface area contributed by atoms with E-state index in [1.165, 1.54) is 0 Å². The Bertz CT molecular complexity index is 502. The maximum Gasteiger partial charge on any atom is 0.150 e. The molecule has 0 unspecified atom stereocenters. The Morgan fingerprint density at radius 3 is 3.00 bits per heavy atom. The molecule has 1 aromatic carbocycles. The van der Waals surface area contributed by atoms with Crippen LogP contribution >= 0.6 is 0 Å². The zero-order chi connectivity index (χ0) is 12.1. The van der Waals surface area contributed by atoms with Gasteiger partial charge in [-0.3, -0.25) is 4.79 Å². The van der Waals surface area contributed by atoms with Gasteiger partial charge in [-0.15, -0.1) is 0 Å². The van der Waals surface area contributed by atoms with Gasteiger partial charge in [0.25, 0.3) is 0 Å². The highest BCUT2D eigenvalue weighted by atomic mass is 16.5. The van der Waals surface area contributed by atoms with Crippen molar-refractivity contribution in [2.45, 2.75) is 19.9 Å². The molecule has 0 aliphatic heterocycles. The van der Waals surface area contributed by atoms with Gasteiger partial charge in [-0.2, -0.15) is 0 Å². The highest BCUT2D eigenvalue weighted by molar-refractivity contribution is 5.97. The smallest absolute Gasteiger partial charge is 0.150 e. The Labute approximate surface area is 101 Å². The molecule has 90 valence electrons. The fraction of sp³-hybridized carbons (Fsp3) is 0.357. The average molecular weight is 231 g/mol. The lowest BCUT2D eigenvalue weighted by Crippen LogP contribution is -2.01. The number of aldehydes is 1. The van der Waals surface area contributed by atoms with Gasteiger partial charge in [-0.25, -0.2) is 0 Å². The van der Waals surface area contributed by atoms with Crippen LogP contribution < -0.4 is 0 Å². The Balaban J connectivity index is 2.16. The summed E-state index contributed by atoms with van der Waals surface area (Å²) in [5.74, 6) is 0. The summed E-state index contributed by atoms with van der Waals surface area (Å²) in [6, 6.07) is 7.81. The molecular formula is C14H17NO2. The van der Waals surface area contributed by atoms with Crippen LogP contribution in [0.25, 0.3) is 10.9 Å². The maximum absolute atomic E-state index is 10.9. The third-order valence-corrected chi connectivity index (χ3v) is 2.87. The molecule has 0 atom stereocenters.